The third-order valence-electron chi connectivity index (χ3n) is 3.72. The lowest BCUT2D eigenvalue weighted by Crippen LogP contribution is -2.42. The topological polar surface area (TPSA) is 58.8 Å². The predicted octanol–water partition coefficient (Wildman–Crippen LogP) is 1.77. The van der Waals surface area contributed by atoms with Gasteiger partial charge in [0.2, 0.25) is 0 Å². The summed E-state index contributed by atoms with van der Waals surface area (Å²) >= 11 is 0. The van der Waals surface area contributed by atoms with Crippen LogP contribution >= 0.6 is 0 Å². The number of amides is 1. The highest BCUT2D eigenvalue weighted by molar-refractivity contribution is 5.97. The molecule has 1 aliphatic heterocycles. The Hall–Kier alpha value is -1.59. The van der Waals surface area contributed by atoms with Crippen LogP contribution in [0.25, 0.3) is 0 Å². The van der Waals surface area contributed by atoms with Crippen molar-refractivity contribution in [2.24, 2.45) is 5.73 Å². The third-order valence-corrected chi connectivity index (χ3v) is 3.72. The highest BCUT2D eigenvalue weighted by Gasteiger charge is 2.26. The first-order chi connectivity index (χ1) is 10.0. The van der Waals surface area contributed by atoms with E-state index in [-0.39, 0.29) is 18.6 Å². The van der Waals surface area contributed by atoms with Gasteiger partial charge in [-0.05, 0) is 38.2 Å². The standard InChI is InChI=1S/C16H25N3O2/c1-4-5-13(17)12-6-7-15-14(10-12)19(9-8-18(2)3)16(20)11-21-15/h6-7,10,13H,4-5,8-9,11,17H2,1-3H3. The molecule has 0 bridgehead atoms. The van der Waals surface area contributed by atoms with Crippen LogP contribution in [0.4, 0.5) is 5.69 Å². The van der Waals surface area contributed by atoms with Gasteiger partial charge in [0, 0.05) is 19.1 Å². The molecule has 0 aliphatic carbocycles. The van der Waals surface area contributed by atoms with Crippen molar-refractivity contribution in [1.82, 2.24) is 4.90 Å². The zero-order valence-corrected chi connectivity index (χ0v) is 13.1. The second-order valence-electron chi connectivity index (χ2n) is 5.76. The molecule has 1 heterocycles. The van der Waals surface area contributed by atoms with Crippen LogP contribution in [0.3, 0.4) is 0 Å². The Morgan fingerprint density at radius 1 is 1.43 bits per heavy atom. The first kappa shape index (κ1) is 15.8. The van der Waals surface area contributed by atoms with E-state index in [9.17, 15) is 4.79 Å². The van der Waals surface area contributed by atoms with E-state index in [1.165, 1.54) is 0 Å². The molecule has 0 fully saturated rings. The van der Waals surface area contributed by atoms with Crippen molar-refractivity contribution in [2.75, 3.05) is 38.7 Å². The van der Waals surface area contributed by atoms with E-state index in [2.05, 4.69) is 11.8 Å². The van der Waals surface area contributed by atoms with E-state index in [1.807, 2.05) is 32.3 Å². The molecule has 1 aliphatic rings. The second-order valence-corrected chi connectivity index (χ2v) is 5.76. The summed E-state index contributed by atoms with van der Waals surface area (Å²) in [7, 11) is 4.00. The van der Waals surface area contributed by atoms with Crippen LogP contribution in [0.2, 0.25) is 0 Å². The number of hydrogen-bond donors (Lipinski definition) is 1. The molecule has 1 amide bonds. The molecule has 0 radical (unpaired) electrons. The maximum Gasteiger partial charge on any atom is 0.265 e. The van der Waals surface area contributed by atoms with Gasteiger partial charge in [-0.3, -0.25) is 4.79 Å². The van der Waals surface area contributed by atoms with E-state index < -0.39 is 0 Å². The molecule has 116 valence electrons. The largest absolute Gasteiger partial charge is 0.482 e. The number of fused-ring (bicyclic) bond motifs is 1. The lowest BCUT2D eigenvalue weighted by atomic mass is 10.0. The number of hydrogen-bond acceptors (Lipinski definition) is 4. The van der Waals surface area contributed by atoms with E-state index in [0.717, 1.165) is 36.4 Å². The van der Waals surface area contributed by atoms with Crippen molar-refractivity contribution < 1.29 is 9.53 Å². The molecule has 21 heavy (non-hydrogen) atoms. The first-order valence-electron chi connectivity index (χ1n) is 7.50. The summed E-state index contributed by atoms with van der Waals surface area (Å²) in [4.78, 5) is 16.0. The van der Waals surface area contributed by atoms with Crippen LogP contribution in [-0.4, -0.2) is 44.6 Å². The highest BCUT2D eigenvalue weighted by atomic mass is 16.5. The molecule has 2 N–H and O–H groups in total. The molecule has 1 aromatic carbocycles. The highest BCUT2D eigenvalue weighted by Crippen LogP contribution is 2.34. The van der Waals surface area contributed by atoms with Crippen LogP contribution in [0.1, 0.15) is 31.4 Å². The van der Waals surface area contributed by atoms with Gasteiger partial charge in [0.05, 0.1) is 5.69 Å². The second kappa shape index (κ2) is 6.91. The average Bonchev–Trinajstić information content (AvgIpc) is 2.45. The summed E-state index contributed by atoms with van der Waals surface area (Å²) in [6, 6.07) is 5.93. The maximum absolute atomic E-state index is 12.1. The predicted molar refractivity (Wildman–Crippen MR) is 84.7 cm³/mol. The van der Waals surface area contributed by atoms with Gasteiger partial charge in [0.15, 0.2) is 6.61 Å². The van der Waals surface area contributed by atoms with Crippen molar-refractivity contribution >= 4 is 11.6 Å². The fourth-order valence-electron chi connectivity index (χ4n) is 2.47. The molecule has 2 rings (SSSR count). The van der Waals surface area contributed by atoms with E-state index in [4.69, 9.17) is 10.5 Å². The summed E-state index contributed by atoms with van der Waals surface area (Å²) in [6.07, 6.45) is 1.98. The molecular weight excluding hydrogens is 266 g/mol. The SMILES string of the molecule is CCCC(N)c1ccc2c(c1)N(CCN(C)C)C(=O)CO2. The summed E-state index contributed by atoms with van der Waals surface area (Å²) in [5.41, 5.74) is 8.09. The minimum Gasteiger partial charge on any atom is -0.482 e. The van der Waals surface area contributed by atoms with Gasteiger partial charge in [-0.25, -0.2) is 0 Å². The van der Waals surface area contributed by atoms with Crippen LogP contribution in [0, 0.1) is 0 Å². The van der Waals surface area contributed by atoms with Gasteiger partial charge in [0.25, 0.3) is 5.91 Å². The monoisotopic (exact) mass is 291 g/mol. The zero-order valence-electron chi connectivity index (χ0n) is 13.1. The minimum atomic E-state index is 0.00515. The van der Waals surface area contributed by atoms with E-state index >= 15 is 0 Å². The molecule has 1 aromatic rings. The fourth-order valence-corrected chi connectivity index (χ4v) is 2.47. The molecule has 5 nitrogen and oxygen atoms in total. The van der Waals surface area contributed by atoms with Gasteiger partial charge in [0.1, 0.15) is 5.75 Å². The molecule has 0 saturated heterocycles. The molecule has 1 unspecified atom stereocenters. The van der Waals surface area contributed by atoms with Gasteiger partial charge in [-0.2, -0.15) is 0 Å². The number of rotatable bonds is 6. The Kier molecular flexibility index (Phi) is 5.20. The Morgan fingerprint density at radius 3 is 2.86 bits per heavy atom. The van der Waals surface area contributed by atoms with Gasteiger partial charge in [-0.15, -0.1) is 0 Å². The molecule has 0 saturated carbocycles. The lowest BCUT2D eigenvalue weighted by molar-refractivity contribution is -0.121. The Bertz CT molecular complexity index is 502. The summed E-state index contributed by atoms with van der Waals surface area (Å²) in [5.74, 6) is 0.770. The van der Waals surface area contributed by atoms with Gasteiger partial charge < -0.3 is 20.3 Å². The molecule has 0 aromatic heterocycles. The maximum atomic E-state index is 12.1. The van der Waals surface area contributed by atoms with Crippen molar-refractivity contribution in [3.8, 4) is 5.75 Å². The number of carbonyl (C=O) groups excluding carboxylic acids is 1. The van der Waals surface area contributed by atoms with Crippen LogP contribution in [-0.2, 0) is 4.79 Å². The molecular formula is C16H25N3O2. The van der Waals surface area contributed by atoms with Crippen molar-refractivity contribution in [3.63, 3.8) is 0 Å². The number of benzene rings is 1. The van der Waals surface area contributed by atoms with Crippen LogP contribution < -0.4 is 15.4 Å². The number of likely N-dealkylation sites (N-methyl/N-ethyl adjacent to an activating group) is 1. The number of ether oxygens (including phenoxy) is 1. The smallest absolute Gasteiger partial charge is 0.265 e. The van der Waals surface area contributed by atoms with Crippen molar-refractivity contribution in [3.05, 3.63) is 23.8 Å². The number of anilines is 1. The van der Waals surface area contributed by atoms with Crippen molar-refractivity contribution in [2.45, 2.75) is 25.8 Å². The van der Waals surface area contributed by atoms with Gasteiger partial charge >= 0.3 is 0 Å². The van der Waals surface area contributed by atoms with Crippen LogP contribution in [0.15, 0.2) is 18.2 Å². The lowest BCUT2D eigenvalue weighted by Gasteiger charge is -2.31. The summed E-state index contributed by atoms with van der Waals surface area (Å²) in [6.45, 7) is 3.71. The summed E-state index contributed by atoms with van der Waals surface area (Å²) in [5, 5.41) is 0. The Morgan fingerprint density at radius 2 is 2.19 bits per heavy atom. The Labute approximate surface area is 126 Å². The average molecular weight is 291 g/mol. The quantitative estimate of drug-likeness (QED) is 0.868. The van der Waals surface area contributed by atoms with Crippen LogP contribution in [0.5, 0.6) is 5.75 Å². The van der Waals surface area contributed by atoms with E-state index in [0.29, 0.717) is 6.54 Å². The number of carbonyl (C=O) groups is 1. The summed E-state index contributed by atoms with van der Waals surface area (Å²) < 4.78 is 5.52. The molecule has 0 spiro atoms. The minimum absolute atomic E-state index is 0.00515. The first-order valence-corrected chi connectivity index (χ1v) is 7.50. The molecule has 5 heteroatoms. The van der Waals surface area contributed by atoms with Gasteiger partial charge in [-0.1, -0.05) is 19.4 Å². The number of nitrogens with zero attached hydrogens (tertiary/aromatic N) is 2. The normalized spacial score (nSPS) is 15.9. The Balaban J connectivity index is 2.26. The third kappa shape index (κ3) is 3.74. The zero-order chi connectivity index (χ0) is 15.4. The van der Waals surface area contributed by atoms with E-state index in [1.54, 1.807) is 4.90 Å². The molecule has 1 atom stereocenters. The number of nitrogens with two attached hydrogens (primary N) is 1. The van der Waals surface area contributed by atoms with Crippen molar-refractivity contribution in [1.29, 1.82) is 0 Å². The fraction of sp³-hybridized carbons (Fsp3) is 0.562.